The van der Waals surface area contributed by atoms with Gasteiger partial charge in [-0.3, -0.25) is 4.98 Å². The van der Waals surface area contributed by atoms with Crippen LogP contribution in [0.5, 0.6) is 0 Å². The van der Waals surface area contributed by atoms with E-state index >= 15 is 0 Å². The van der Waals surface area contributed by atoms with Crippen molar-refractivity contribution in [2.75, 3.05) is 11.9 Å². The molecule has 0 aliphatic rings. The van der Waals surface area contributed by atoms with E-state index in [1.54, 1.807) is 0 Å². The summed E-state index contributed by atoms with van der Waals surface area (Å²) in [5.74, 6) is 0. The van der Waals surface area contributed by atoms with Crippen molar-refractivity contribution in [3.05, 3.63) is 34.0 Å². The van der Waals surface area contributed by atoms with E-state index in [4.69, 9.17) is 16.6 Å². The molecule has 0 spiro atoms. The summed E-state index contributed by atoms with van der Waals surface area (Å²) in [4.78, 5) is 4.73. The molecule has 2 nitrogen and oxygen atoms in total. The fourth-order valence-corrected chi connectivity index (χ4v) is 2.74. The van der Waals surface area contributed by atoms with Gasteiger partial charge in [-0.2, -0.15) is 0 Å². The van der Waals surface area contributed by atoms with Gasteiger partial charge in [0.2, 0.25) is 0 Å². The van der Waals surface area contributed by atoms with Crippen LogP contribution in [-0.4, -0.2) is 11.5 Å². The molecule has 0 radical (unpaired) electrons. The number of fused-ring (bicyclic) bond motifs is 1. The molecule has 0 fully saturated rings. The van der Waals surface area contributed by atoms with Gasteiger partial charge in [0.25, 0.3) is 0 Å². The first-order valence-corrected chi connectivity index (χ1v) is 7.29. The molecule has 2 rings (SSSR count). The third-order valence-corrected chi connectivity index (χ3v) is 3.71. The Morgan fingerprint density at radius 1 is 1.21 bits per heavy atom. The molecule has 0 saturated carbocycles. The summed E-state index contributed by atoms with van der Waals surface area (Å²) in [5, 5.41) is 5.41. The molecule has 1 aromatic heterocycles. The molecule has 102 valence electrons. The minimum absolute atomic E-state index is 0.740. The highest BCUT2D eigenvalue weighted by Gasteiger charge is 2.13. The SMILES string of the molecule is CCCNc1c(C)c(CC)nc2c(Cl)cc(C)cc12. The summed E-state index contributed by atoms with van der Waals surface area (Å²) in [6.45, 7) is 9.48. The maximum atomic E-state index is 6.36. The molecule has 1 N–H and O–H groups in total. The largest absolute Gasteiger partial charge is 0.384 e. The number of hydrogen-bond acceptors (Lipinski definition) is 2. The lowest BCUT2D eigenvalue weighted by Gasteiger charge is -2.16. The second-order valence-electron chi connectivity index (χ2n) is 4.98. The van der Waals surface area contributed by atoms with Gasteiger partial charge in [0.15, 0.2) is 0 Å². The van der Waals surface area contributed by atoms with Crippen LogP contribution in [0.3, 0.4) is 0 Å². The lowest BCUT2D eigenvalue weighted by atomic mass is 10.0. The first-order chi connectivity index (χ1) is 9.08. The van der Waals surface area contributed by atoms with Gasteiger partial charge in [0, 0.05) is 23.3 Å². The molecule has 2 aromatic rings. The number of aromatic nitrogens is 1. The molecule has 0 atom stereocenters. The van der Waals surface area contributed by atoms with E-state index in [0.29, 0.717) is 0 Å². The highest BCUT2D eigenvalue weighted by molar-refractivity contribution is 6.35. The van der Waals surface area contributed by atoms with Crippen molar-refractivity contribution >= 4 is 28.2 Å². The first kappa shape index (κ1) is 14.1. The van der Waals surface area contributed by atoms with Gasteiger partial charge in [0.1, 0.15) is 0 Å². The molecule has 0 saturated heterocycles. The molecular formula is C16H21ClN2. The minimum Gasteiger partial charge on any atom is -0.384 e. The van der Waals surface area contributed by atoms with Crippen molar-refractivity contribution in [3.8, 4) is 0 Å². The number of pyridine rings is 1. The van der Waals surface area contributed by atoms with Gasteiger partial charge in [-0.15, -0.1) is 0 Å². The summed E-state index contributed by atoms with van der Waals surface area (Å²) in [5.41, 5.74) is 5.63. The maximum Gasteiger partial charge on any atom is 0.0912 e. The van der Waals surface area contributed by atoms with E-state index in [-0.39, 0.29) is 0 Å². The Morgan fingerprint density at radius 3 is 2.58 bits per heavy atom. The van der Waals surface area contributed by atoms with E-state index in [9.17, 15) is 0 Å². The number of halogens is 1. The van der Waals surface area contributed by atoms with Crippen LogP contribution in [-0.2, 0) is 6.42 Å². The zero-order valence-corrected chi connectivity index (χ0v) is 12.9. The minimum atomic E-state index is 0.740. The fraction of sp³-hybridized carbons (Fsp3) is 0.438. The van der Waals surface area contributed by atoms with Crippen molar-refractivity contribution in [1.29, 1.82) is 0 Å². The average Bonchev–Trinajstić information content (AvgIpc) is 2.37. The lowest BCUT2D eigenvalue weighted by Crippen LogP contribution is -2.06. The topological polar surface area (TPSA) is 24.9 Å². The van der Waals surface area contributed by atoms with E-state index in [1.807, 2.05) is 6.07 Å². The Labute approximate surface area is 120 Å². The summed E-state index contributed by atoms with van der Waals surface area (Å²) in [7, 11) is 0. The van der Waals surface area contributed by atoms with Gasteiger partial charge in [-0.1, -0.05) is 25.4 Å². The van der Waals surface area contributed by atoms with Crippen molar-refractivity contribution in [3.63, 3.8) is 0 Å². The number of nitrogens with zero attached hydrogens (tertiary/aromatic N) is 1. The number of nitrogens with one attached hydrogen (secondary N) is 1. The number of rotatable bonds is 4. The molecule has 0 aliphatic carbocycles. The number of anilines is 1. The second-order valence-corrected chi connectivity index (χ2v) is 5.39. The van der Waals surface area contributed by atoms with E-state index < -0.39 is 0 Å². The van der Waals surface area contributed by atoms with Crippen LogP contribution < -0.4 is 5.32 Å². The predicted octanol–water partition coefficient (Wildman–Crippen LogP) is 4.89. The zero-order chi connectivity index (χ0) is 14.0. The Morgan fingerprint density at radius 2 is 1.95 bits per heavy atom. The number of aryl methyl sites for hydroxylation is 2. The smallest absolute Gasteiger partial charge is 0.0912 e. The molecule has 1 heterocycles. The van der Waals surface area contributed by atoms with E-state index in [2.05, 4.69) is 39.1 Å². The van der Waals surface area contributed by atoms with Gasteiger partial charge < -0.3 is 5.32 Å². The monoisotopic (exact) mass is 276 g/mol. The molecule has 0 aliphatic heterocycles. The van der Waals surface area contributed by atoms with Crippen LogP contribution in [0.4, 0.5) is 5.69 Å². The highest BCUT2D eigenvalue weighted by atomic mass is 35.5. The van der Waals surface area contributed by atoms with Crippen molar-refractivity contribution < 1.29 is 0 Å². The predicted molar refractivity (Wildman–Crippen MR) is 84.4 cm³/mol. The van der Waals surface area contributed by atoms with Gasteiger partial charge in [-0.05, 0) is 49.9 Å². The van der Waals surface area contributed by atoms with Crippen LogP contribution in [0.15, 0.2) is 12.1 Å². The molecule has 0 amide bonds. The highest BCUT2D eigenvalue weighted by Crippen LogP contribution is 2.33. The standard InChI is InChI=1S/C16H21ClN2/c1-5-7-18-15-11(4)14(6-2)19-16-12(15)8-10(3)9-13(16)17/h8-9H,5-7H2,1-4H3,(H,18,19). The first-order valence-electron chi connectivity index (χ1n) is 6.91. The molecule has 0 unspecified atom stereocenters. The summed E-state index contributed by atoms with van der Waals surface area (Å²) in [6, 6.07) is 4.15. The van der Waals surface area contributed by atoms with Crippen LogP contribution in [0.2, 0.25) is 5.02 Å². The van der Waals surface area contributed by atoms with Crippen LogP contribution >= 0.6 is 11.6 Å². The van der Waals surface area contributed by atoms with Gasteiger partial charge in [0.05, 0.1) is 10.5 Å². The number of hydrogen-bond donors (Lipinski definition) is 1. The molecule has 3 heteroatoms. The fourth-order valence-electron chi connectivity index (χ4n) is 2.43. The Hall–Kier alpha value is -1.28. The van der Waals surface area contributed by atoms with Crippen LogP contribution in [0, 0.1) is 13.8 Å². The summed E-state index contributed by atoms with van der Waals surface area (Å²) in [6.07, 6.45) is 2.02. The molecular weight excluding hydrogens is 256 g/mol. The summed E-state index contributed by atoms with van der Waals surface area (Å²) < 4.78 is 0. The van der Waals surface area contributed by atoms with E-state index in [1.165, 1.54) is 16.8 Å². The normalized spacial score (nSPS) is 11.0. The Kier molecular flexibility index (Phi) is 4.31. The van der Waals surface area contributed by atoms with Crippen LogP contribution in [0.1, 0.15) is 37.1 Å². The third kappa shape index (κ3) is 2.69. The lowest BCUT2D eigenvalue weighted by molar-refractivity contribution is 0.970. The van der Waals surface area contributed by atoms with Gasteiger partial charge in [-0.25, -0.2) is 0 Å². The van der Waals surface area contributed by atoms with Gasteiger partial charge >= 0.3 is 0 Å². The van der Waals surface area contributed by atoms with Crippen molar-refractivity contribution in [2.24, 2.45) is 0 Å². The maximum absolute atomic E-state index is 6.36. The number of benzene rings is 1. The Balaban J connectivity index is 2.75. The van der Waals surface area contributed by atoms with Crippen molar-refractivity contribution in [1.82, 2.24) is 4.98 Å². The quantitative estimate of drug-likeness (QED) is 0.860. The second kappa shape index (κ2) is 5.79. The van der Waals surface area contributed by atoms with Crippen molar-refractivity contribution in [2.45, 2.75) is 40.5 Å². The Bertz CT molecular complexity index is 605. The molecule has 1 aromatic carbocycles. The average molecular weight is 277 g/mol. The van der Waals surface area contributed by atoms with Crippen LogP contribution in [0.25, 0.3) is 10.9 Å². The van der Waals surface area contributed by atoms with E-state index in [0.717, 1.165) is 41.0 Å². The third-order valence-electron chi connectivity index (χ3n) is 3.42. The zero-order valence-electron chi connectivity index (χ0n) is 12.1. The summed E-state index contributed by atoms with van der Waals surface area (Å²) >= 11 is 6.36. The molecule has 0 bridgehead atoms. The molecule has 19 heavy (non-hydrogen) atoms.